The highest BCUT2D eigenvalue weighted by Gasteiger charge is 2.38. The Morgan fingerprint density at radius 1 is 0.848 bits per heavy atom. The predicted octanol–water partition coefficient (Wildman–Crippen LogP) is 3.04. The molecule has 5 rings (SSSR count). The van der Waals surface area contributed by atoms with Crippen molar-refractivity contribution >= 4 is 35.9 Å². The Morgan fingerprint density at radius 3 is 2.20 bits per heavy atom. The van der Waals surface area contributed by atoms with Crippen LogP contribution < -0.4 is 20.7 Å². The first-order valence-corrected chi connectivity index (χ1v) is 15.4. The van der Waals surface area contributed by atoms with Crippen LogP contribution in [0.3, 0.4) is 0 Å². The number of methoxy groups -OCH3 is 1. The highest BCUT2D eigenvalue weighted by Crippen LogP contribution is 2.30. The Hall–Kier alpha value is -4.81. The number of hydrogen-bond acceptors (Lipinski definition) is 7. The second kappa shape index (κ2) is 15.5. The highest BCUT2D eigenvalue weighted by molar-refractivity contribution is 6.43. The summed E-state index contributed by atoms with van der Waals surface area (Å²) in [6.45, 7) is 0.0151. The summed E-state index contributed by atoms with van der Waals surface area (Å²) in [6, 6.07) is 21.7. The first kappa shape index (κ1) is 32.6. The van der Waals surface area contributed by atoms with Crippen LogP contribution in [0, 0.1) is 5.92 Å². The number of rotatable bonds is 14. The quantitative estimate of drug-likeness (QED) is 0.117. The van der Waals surface area contributed by atoms with Gasteiger partial charge in [0, 0.05) is 29.9 Å². The lowest BCUT2D eigenvalue weighted by atomic mass is 9.64. The molecule has 1 aliphatic rings. The van der Waals surface area contributed by atoms with E-state index in [1.165, 1.54) is 0 Å². The number of H-pyrrole nitrogens is 1. The molecule has 0 radical (unpaired) electrons. The van der Waals surface area contributed by atoms with Crippen LogP contribution in [0.4, 0.5) is 4.79 Å². The molecule has 3 atom stereocenters. The number of aromatic amines is 1. The molecule has 4 aromatic rings. The number of carbonyl (C=O) groups excluding carboxylic acids is 3. The number of hydrogen-bond donors (Lipinski definition) is 6. The molecule has 0 spiro atoms. The molecule has 0 unspecified atom stereocenters. The molecule has 1 saturated carbocycles. The fourth-order valence-electron chi connectivity index (χ4n) is 5.62. The lowest BCUT2D eigenvalue weighted by molar-refractivity contribution is -0.130. The number of benzene rings is 3. The maximum Gasteiger partial charge on any atom is 0.475 e. The Morgan fingerprint density at radius 2 is 1.52 bits per heavy atom. The summed E-state index contributed by atoms with van der Waals surface area (Å²) in [5, 5.41) is 29.3. The third-order valence-electron chi connectivity index (χ3n) is 8.44. The maximum atomic E-state index is 13.9. The van der Waals surface area contributed by atoms with E-state index in [2.05, 4.69) is 20.9 Å². The van der Waals surface area contributed by atoms with Crippen molar-refractivity contribution < 1.29 is 33.9 Å². The fourth-order valence-corrected chi connectivity index (χ4v) is 5.62. The monoisotopic (exact) mass is 626 g/mol. The molecule has 0 aliphatic heterocycles. The van der Waals surface area contributed by atoms with Crippen LogP contribution >= 0.6 is 0 Å². The molecular weight excluding hydrogens is 587 g/mol. The van der Waals surface area contributed by atoms with Crippen LogP contribution in [-0.2, 0) is 33.8 Å². The Kier molecular flexibility index (Phi) is 11.0. The lowest BCUT2D eigenvalue weighted by Gasteiger charge is -2.34. The van der Waals surface area contributed by atoms with Gasteiger partial charge < -0.3 is 40.5 Å². The van der Waals surface area contributed by atoms with Gasteiger partial charge in [-0.05, 0) is 53.6 Å². The van der Waals surface area contributed by atoms with Gasteiger partial charge in [0.15, 0.2) is 0 Å². The van der Waals surface area contributed by atoms with Crippen LogP contribution in [0.25, 0.3) is 10.9 Å². The maximum absolute atomic E-state index is 13.9. The minimum atomic E-state index is -1.75. The molecule has 1 aliphatic carbocycles. The zero-order chi connectivity index (χ0) is 32.5. The number of nitrogens with one attached hydrogen (secondary N) is 4. The van der Waals surface area contributed by atoms with E-state index in [1.807, 2.05) is 54.6 Å². The van der Waals surface area contributed by atoms with Crippen molar-refractivity contribution in [3.8, 4) is 5.75 Å². The van der Waals surface area contributed by atoms with E-state index in [9.17, 15) is 24.4 Å². The molecule has 240 valence electrons. The van der Waals surface area contributed by atoms with Crippen molar-refractivity contribution in [1.29, 1.82) is 0 Å². The second-order valence-corrected chi connectivity index (χ2v) is 11.6. The van der Waals surface area contributed by atoms with E-state index in [1.54, 1.807) is 37.6 Å². The van der Waals surface area contributed by atoms with Crippen LogP contribution in [-0.4, -0.2) is 65.2 Å². The summed E-state index contributed by atoms with van der Waals surface area (Å²) in [6.07, 6.45) is 3.70. The minimum absolute atomic E-state index is 0.0151. The number of carbonyl (C=O) groups is 3. The largest absolute Gasteiger partial charge is 0.497 e. The van der Waals surface area contributed by atoms with E-state index in [0.29, 0.717) is 5.75 Å². The summed E-state index contributed by atoms with van der Waals surface area (Å²) in [5.74, 6) is -1.46. The van der Waals surface area contributed by atoms with Gasteiger partial charge in [-0.15, -0.1) is 0 Å². The number of para-hydroxylation sites is 1. The van der Waals surface area contributed by atoms with Gasteiger partial charge in [0.2, 0.25) is 11.8 Å². The topological polar surface area (TPSA) is 162 Å². The predicted molar refractivity (Wildman–Crippen MR) is 174 cm³/mol. The molecule has 3 amide bonds. The Labute approximate surface area is 267 Å². The molecule has 46 heavy (non-hydrogen) atoms. The lowest BCUT2D eigenvalue weighted by Crippen LogP contribution is -2.60. The zero-order valence-electron chi connectivity index (χ0n) is 25.6. The Balaban J connectivity index is 1.37. The van der Waals surface area contributed by atoms with E-state index < -0.39 is 43.1 Å². The van der Waals surface area contributed by atoms with Crippen molar-refractivity contribution in [1.82, 2.24) is 20.9 Å². The van der Waals surface area contributed by atoms with Crippen molar-refractivity contribution in [2.75, 3.05) is 7.11 Å². The Bertz CT molecular complexity index is 1610. The van der Waals surface area contributed by atoms with Gasteiger partial charge in [-0.1, -0.05) is 67.1 Å². The van der Waals surface area contributed by atoms with E-state index >= 15 is 0 Å². The molecular formula is C34H39BN4O7. The molecule has 1 aromatic heterocycles. The zero-order valence-corrected chi connectivity index (χ0v) is 25.6. The standard InChI is InChI=1S/C34H39BN4O7/c1-45-26-16-14-22(15-17-26)18-29(38-34(42)46-21-23-8-3-2-4-9-23)32(40)37-30(19-25-20-36-28-13-6-5-12-27(25)28)33(41)39-31(35(43)44)24-10-7-11-24/h2-6,8-9,12-17,20,24,29-31,36,43-44H,7,10-11,18-19,21H2,1H3,(H,37,40)(H,38,42)(H,39,41)/t29-,30-,31-/m0/s1. The van der Waals surface area contributed by atoms with Gasteiger partial charge in [-0.3, -0.25) is 9.59 Å². The number of alkyl carbamates (subject to hydrolysis) is 1. The molecule has 0 saturated heterocycles. The molecule has 11 nitrogen and oxygen atoms in total. The van der Waals surface area contributed by atoms with E-state index in [4.69, 9.17) is 9.47 Å². The average molecular weight is 627 g/mol. The third-order valence-corrected chi connectivity index (χ3v) is 8.44. The van der Waals surface area contributed by atoms with Gasteiger partial charge in [-0.25, -0.2) is 4.79 Å². The van der Waals surface area contributed by atoms with E-state index in [0.717, 1.165) is 46.9 Å². The van der Waals surface area contributed by atoms with Crippen LogP contribution in [0.15, 0.2) is 85.1 Å². The first-order valence-electron chi connectivity index (χ1n) is 15.4. The SMILES string of the molecule is COc1ccc(C[C@H](NC(=O)OCc2ccccc2)C(=O)N[C@@H](Cc2c[nH]c3ccccc23)C(=O)N[C@H](B(O)O)C2CCC2)cc1. The van der Waals surface area contributed by atoms with Crippen molar-refractivity contribution in [3.05, 3.63) is 102 Å². The number of ether oxygens (including phenoxy) is 2. The van der Waals surface area contributed by atoms with Crippen molar-refractivity contribution in [3.63, 3.8) is 0 Å². The fraction of sp³-hybridized carbons (Fsp3) is 0.324. The van der Waals surface area contributed by atoms with Crippen LogP contribution in [0.2, 0.25) is 0 Å². The molecule has 12 heteroatoms. The van der Waals surface area contributed by atoms with Crippen LogP contribution in [0.5, 0.6) is 5.75 Å². The van der Waals surface area contributed by atoms with Crippen LogP contribution in [0.1, 0.15) is 36.0 Å². The van der Waals surface area contributed by atoms with Gasteiger partial charge in [-0.2, -0.15) is 0 Å². The summed E-state index contributed by atoms with van der Waals surface area (Å²) >= 11 is 0. The van der Waals surface area contributed by atoms with E-state index in [-0.39, 0.29) is 25.4 Å². The number of amides is 3. The third kappa shape index (κ3) is 8.46. The van der Waals surface area contributed by atoms with Crippen molar-refractivity contribution in [2.45, 2.75) is 56.7 Å². The molecule has 1 fully saturated rings. The molecule has 0 bridgehead atoms. The number of aromatic nitrogens is 1. The molecule has 3 aromatic carbocycles. The van der Waals surface area contributed by atoms with Gasteiger partial charge in [0.25, 0.3) is 0 Å². The summed E-state index contributed by atoms with van der Waals surface area (Å²) in [7, 11) is -0.192. The van der Waals surface area contributed by atoms with Gasteiger partial charge in [0.05, 0.1) is 13.1 Å². The molecule has 6 N–H and O–H groups in total. The molecule has 1 heterocycles. The second-order valence-electron chi connectivity index (χ2n) is 11.6. The van der Waals surface area contributed by atoms with Gasteiger partial charge >= 0.3 is 13.2 Å². The summed E-state index contributed by atoms with van der Waals surface area (Å²) in [5.41, 5.74) is 3.20. The number of fused-ring (bicyclic) bond motifs is 1. The average Bonchev–Trinajstić information content (AvgIpc) is 3.45. The highest BCUT2D eigenvalue weighted by atomic mass is 16.5. The first-order chi connectivity index (χ1) is 22.3. The summed E-state index contributed by atoms with van der Waals surface area (Å²) in [4.78, 5) is 43.8. The van der Waals surface area contributed by atoms with Crippen molar-refractivity contribution in [2.24, 2.45) is 5.92 Å². The summed E-state index contributed by atoms with van der Waals surface area (Å²) < 4.78 is 10.6. The smallest absolute Gasteiger partial charge is 0.475 e. The normalized spacial score (nSPS) is 14.8. The minimum Gasteiger partial charge on any atom is -0.497 e. The van der Waals surface area contributed by atoms with Gasteiger partial charge in [0.1, 0.15) is 24.4 Å².